The highest BCUT2D eigenvalue weighted by molar-refractivity contribution is 5.18. The monoisotopic (exact) mass is 206 g/mol. The minimum atomic E-state index is 1.28. The summed E-state index contributed by atoms with van der Waals surface area (Å²) in [7, 11) is 0. The molecule has 86 valence electrons. The average molecular weight is 206 g/mol. The van der Waals surface area contributed by atoms with Gasteiger partial charge in [-0.3, -0.25) is 0 Å². The lowest BCUT2D eigenvalue weighted by Crippen LogP contribution is -1.90. The molecular formula is C15H26. The van der Waals surface area contributed by atoms with E-state index in [9.17, 15) is 0 Å². The molecule has 0 radical (unpaired) electrons. The molecule has 0 unspecified atom stereocenters. The molecule has 0 aromatic carbocycles. The normalized spacial score (nSPS) is 20.0. The summed E-state index contributed by atoms with van der Waals surface area (Å²) in [6.07, 6.45) is 9.21. The predicted molar refractivity (Wildman–Crippen MR) is 69.1 cm³/mol. The van der Waals surface area contributed by atoms with Crippen LogP contribution in [0.25, 0.3) is 0 Å². The van der Waals surface area contributed by atoms with Crippen molar-refractivity contribution in [1.29, 1.82) is 0 Å². The van der Waals surface area contributed by atoms with Crippen LogP contribution in [0.2, 0.25) is 0 Å². The molecule has 0 aromatic heterocycles. The first kappa shape index (κ1) is 12.5. The summed E-state index contributed by atoms with van der Waals surface area (Å²) < 4.78 is 0. The van der Waals surface area contributed by atoms with Crippen LogP contribution < -0.4 is 0 Å². The Labute approximate surface area is 95.5 Å². The maximum Gasteiger partial charge on any atom is -0.0283 e. The van der Waals surface area contributed by atoms with Gasteiger partial charge in [0.05, 0.1) is 0 Å². The van der Waals surface area contributed by atoms with Gasteiger partial charge < -0.3 is 0 Å². The number of hydrogen-bond acceptors (Lipinski definition) is 0. The van der Waals surface area contributed by atoms with Crippen molar-refractivity contribution in [2.75, 3.05) is 0 Å². The summed E-state index contributed by atoms with van der Waals surface area (Å²) in [5.41, 5.74) is 6.69. The van der Waals surface area contributed by atoms with E-state index in [1.54, 1.807) is 22.3 Å². The summed E-state index contributed by atoms with van der Waals surface area (Å²) in [5.74, 6) is 0. The van der Waals surface area contributed by atoms with Gasteiger partial charge in [-0.2, -0.15) is 0 Å². The van der Waals surface area contributed by atoms with Crippen molar-refractivity contribution in [3.05, 3.63) is 22.3 Å². The van der Waals surface area contributed by atoms with Crippen molar-refractivity contribution in [3.8, 4) is 0 Å². The molecule has 0 N–H and O–H groups in total. The summed E-state index contributed by atoms with van der Waals surface area (Å²) in [6.45, 7) is 9.27. The predicted octanol–water partition coefficient (Wildman–Crippen LogP) is 5.40. The maximum atomic E-state index is 2.35. The molecule has 0 aliphatic heterocycles. The Balaban J connectivity index is 2.72. The molecule has 0 fully saturated rings. The van der Waals surface area contributed by atoms with E-state index in [1.165, 1.54) is 44.9 Å². The van der Waals surface area contributed by atoms with Crippen molar-refractivity contribution < 1.29 is 0 Å². The fraction of sp³-hybridized carbons (Fsp3) is 0.733. The molecule has 1 aliphatic rings. The van der Waals surface area contributed by atoms with E-state index in [-0.39, 0.29) is 0 Å². The summed E-state index contributed by atoms with van der Waals surface area (Å²) in [6, 6.07) is 0. The van der Waals surface area contributed by atoms with Gasteiger partial charge in [0, 0.05) is 0 Å². The van der Waals surface area contributed by atoms with Gasteiger partial charge in [-0.05, 0) is 59.3 Å². The Hall–Kier alpha value is -0.520. The van der Waals surface area contributed by atoms with Crippen molar-refractivity contribution in [1.82, 2.24) is 0 Å². The Morgan fingerprint density at radius 1 is 0.800 bits per heavy atom. The molecule has 0 heteroatoms. The second-order valence-electron chi connectivity index (χ2n) is 5.05. The van der Waals surface area contributed by atoms with Gasteiger partial charge in [0.1, 0.15) is 0 Å². The van der Waals surface area contributed by atoms with Gasteiger partial charge >= 0.3 is 0 Å². The number of rotatable bonds is 2. The minimum Gasteiger partial charge on any atom is -0.0744 e. The van der Waals surface area contributed by atoms with Crippen molar-refractivity contribution >= 4 is 0 Å². The van der Waals surface area contributed by atoms with Crippen LogP contribution in [0.5, 0.6) is 0 Å². The zero-order chi connectivity index (χ0) is 11.3. The van der Waals surface area contributed by atoms with E-state index in [0.29, 0.717) is 0 Å². The zero-order valence-electron chi connectivity index (χ0n) is 10.9. The summed E-state index contributed by atoms with van der Waals surface area (Å²) in [4.78, 5) is 0. The fourth-order valence-corrected chi connectivity index (χ4v) is 2.40. The third kappa shape index (κ3) is 3.85. The molecule has 1 aliphatic carbocycles. The molecule has 0 amide bonds. The third-order valence-electron chi connectivity index (χ3n) is 3.79. The standard InChI is InChI=1S/C15H26/c1-5-7-15-9-6-8-12(2)13(3)10-11-14(15)4/h5-11H2,1-4H3. The first-order chi connectivity index (χ1) is 7.15. The van der Waals surface area contributed by atoms with Crippen LogP contribution in [0.3, 0.4) is 0 Å². The van der Waals surface area contributed by atoms with Crippen LogP contribution in [0.4, 0.5) is 0 Å². The summed E-state index contributed by atoms with van der Waals surface area (Å²) in [5, 5.41) is 0. The lowest BCUT2D eigenvalue weighted by molar-refractivity contribution is 0.742. The molecule has 15 heavy (non-hydrogen) atoms. The largest absolute Gasteiger partial charge is 0.0744 e. The molecule has 0 aromatic rings. The van der Waals surface area contributed by atoms with E-state index in [4.69, 9.17) is 0 Å². The molecule has 0 bridgehead atoms. The quantitative estimate of drug-likeness (QED) is 0.530. The van der Waals surface area contributed by atoms with E-state index in [2.05, 4.69) is 27.7 Å². The number of hydrogen-bond donors (Lipinski definition) is 0. The van der Waals surface area contributed by atoms with Gasteiger partial charge in [0.25, 0.3) is 0 Å². The molecule has 0 heterocycles. The minimum absolute atomic E-state index is 1.28. The lowest BCUT2D eigenvalue weighted by Gasteiger charge is -2.10. The lowest BCUT2D eigenvalue weighted by atomic mass is 9.97. The highest BCUT2D eigenvalue weighted by atomic mass is 14.1. The van der Waals surface area contributed by atoms with E-state index in [1.807, 2.05) is 0 Å². The first-order valence-corrected chi connectivity index (χ1v) is 6.47. The van der Waals surface area contributed by atoms with Crippen molar-refractivity contribution in [2.45, 2.75) is 72.6 Å². The van der Waals surface area contributed by atoms with Gasteiger partial charge in [0.15, 0.2) is 0 Å². The average Bonchev–Trinajstić information content (AvgIpc) is 2.27. The SMILES string of the molecule is CCCC1=C(C)CCC(C)=C(C)CCC1. The first-order valence-electron chi connectivity index (χ1n) is 6.47. The van der Waals surface area contributed by atoms with Gasteiger partial charge in [0.2, 0.25) is 0 Å². The smallest absolute Gasteiger partial charge is 0.0283 e. The third-order valence-corrected chi connectivity index (χ3v) is 3.79. The second-order valence-corrected chi connectivity index (χ2v) is 5.05. The van der Waals surface area contributed by atoms with Crippen LogP contribution in [0.15, 0.2) is 22.3 Å². The molecule has 1 rings (SSSR count). The highest BCUT2D eigenvalue weighted by Gasteiger charge is 2.07. The van der Waals surface area contributed by atoms with Crippen LogP contribution in [0, 0.1) is 0 Å². The maximum absolute atomic E-state index is 2.35. The molecular weight excluding hydrogens is 180 g/mol. The van der Waals surface area contributed by atoms with E-state index in [0.717, 1.165) is 0 Å². The van der Waals surface area contributed by atoms with Crippen LogP contribution >= 0.6 is 0 Å². The van der Waals surface area contributed by atoms with Gasteiger partial charge in [-0.1, -0.05) is 35.6 Å². The van der Waals surface area contributed by atoms with Crippen LogP contribution in [-0.4, -0.2) is 0 Å². The Morgan fingerprint density at radius 2 is 1.40 bits per heavy atom. The molecule has 0 saturated carbocycles. The van der Waals surface area contributed by atoms with Gasteiger partial charge in [-0.25, -0.2) is 0 Å². The van der Waals surface area contributed by atoms with Crippen LogP contribution in [0.1, 0.15) is 72.6 Å². The summed E-state index contributed by atoms with van der Waals surface area (Å²) >= 11 is 0. The van der Waals surface area contributed by atoms with E-state index >= 15 is 0 Å². The van der Waals surface area contributed by atoms with Crippen LogP contribution in [-0.2, 0) is 0 Å². The number of allylic oxidation sites excluding steroid dienone is 4. The Kier molecular flexibility index (Phi) is 5.14. The van der Waals surface area contributed by atoms with E-state index < -0.39 is 0 Å². The van der Waals surface area contributed by atoms with Gasteiger partial charge in [-0.15, -0.1) is 0 Å². The zero-order valence-corrected chi connectivity index (χ0v) is 10.9. The molecule has 0 nitrogen and oxygen atoms in total. The van der Waals surface area contributed by atoms with Crippen molar-refractivity contribution in [3.63, 3.8) is 0 Å². The fourth-order valence-electron chi connectivity index (χ4n) is 2.40. The topological polar surface area (TPSA) is 0 Å². The molecule has 0 spiro atoms. The Morgan fingerprint density at radius 3 is 2.07 bits per heavy atom. The molecule has 0 atom stereocenters. The second kappa shape index (κ2) is 6.15. The molecule has 0 saturated heterocycles. The Bertz CT molecular complexity index is 266. The highest BCUT2D eigenvalue weighted by Crippen LogP contribution is 2.27. The van der Waals surface area contributed by atoms with Crippen molar-refractivity contribution in [2.24, 2.45) is 0 Å².